The summed E-state index contributed by atoms with van der Waals surface area (Å²) in [6.45, 7) is 0. The lowest BCUT2D eigenvalue weighted by Crippen LogP contribution is -2.33. The molecule has 0 saturated carbocycles. The number of fused-ring (bicyclic) bond motifs is 3. The Morgan fingerprint density at radius 2 is 0.380 bits per heavy atom. The predicted molar refractivity (Wildman–Crippen MR) is 302 cm³/mol. The van der Waals surface area contributed by atoms with Gasteiger partial charge in [-0.3, -0.25) is 0 Å². The Balaban J connectivity index is 1.31. The molecule has 0 spiro atoms. The monoisotopic (exact) mass is 929 g/mol. The highest BCUT2D eigenvalue weighted by atomic mass is 31.2. The Bertz CT molecular complexity index is 3330. The van der Waals surface area contributed by atoms with Gasteiger partial charge in [-0.2, -0.15) is 0 Å². The van der Waals surface area contributed by atoms with E-state index < -0.39 is 7.14 Å². The SMILES string of the molecule is O=P(c1cc2ccccc2cc1N(c1ccccc1)c1ccccc1)(c1cc2ccccc2cc1N(c1ccccc1)c1ccccc1)c1cc2ccccc2cc1N(c1ccccc1)c1ccccc1. The topological polar surface area (TPSA) is 26.8 Å². The maximum absolute atomic E-state index is 19.2. The lowest BCUT2D eigenvalue weighted by Gasteiger charge is -2.36. The molecular formula is C66H48N3OP. The van der Waals surface area contributed by atoms with Crippen LogP contribution in [0.4, 0.5) is 51.2 Å². The van der Waals surface area contributed by atoms with Crippen molar-refractivity contribution in [1.82, 2.24) is 0 Å². The van der Waals surface area contributed by atoms with Crippen LogP contribution in [0.5, 0.6) is 0 Å². The van der Waals surface area contributed by atoms with Crippen molar-refractivity contribution in [3.63, 3.8) is 0 Å². The minimum atomic E-state index is -4.21. The fourth-order valence-electron chi connectivity index (χ4n) is 10.1. The second kappa shape index (κ2) is 18.9. The Hall–Kier alpha value is -8.95. The van der Waals surface area contributed by atoms with E-state index in [-0.39, 0.29) is 0 Å². The molecule has 0 unspecified atom stereocenters. The smallest absolute Gasteiger partial charge is 0.177 e. The molecule has 12 aromatic carbocycles. The van der Waals surface area contributed by atoms with Crippen molar-refractivity contribution >= 4 is 107 Å². The van der Waals surface area contributed by atoms with E-state index in [1.54, 1.807) is 0 Å². The van der Waals surface area contributed by atoms with Gasteiger partial charge in [0.2, 0.25) is 0 Å². The van der Waals surface area contributed by atoms with E-state index in [1.165, 1.54) is 0 Å². The van der Waals surface area contributed by atoms with Crippen molar-refractivity contribution in [2.45, 2.75) is 0 Å². The average molecular weight is 930 g/mol. The largest absolute Gasteiger partial charge is 0.310 e. The van der Waals surface area contributed by atoms with Crippen LogP contribution in [0, 0.1) is 0 Å². The molecule has 0 aliphatic rings. The van der Waals surface area contributed by atoms with Crippen LogP contribution < -0.4 is 30.6 Å². The first-order valence-electron chi connectivity index (χ1n) is 24.0. The second-order valence-electron chi connectivity index (χ2n) is 17.7. The Morgan fingerprint density at radius 1 is 0.211 bits per heavy atom. The van der Waals surface area contributed by atoms with Crippen molar-refractivity contribution < 1.29 is 4.57 Å². The van der Waals surface area contributed by atoms with Gasteiger partial charge in [-0.15, -0.1) is 0 Å². The van der Waals surface area contributed by atoms with E-state index in [1.807, 2.05) is 36.4 Å². The van der Waals surface area contributed by atoms with E-state index in [4.69, 9.17) is 0 Å². The van der Waals surface area contributed by atoms with Crippen molar-refractivity contribution in [2.75, 3.05) is 14.7 Å². The molecule has 0 aliphatic heterocycles. The first kappa shape index (κ1) is 43.3. The number of hydrogen-bond acceptors (Lipinski definition) is 4. The first-order chi connectivity index (χ1) is 35.1. The van der Waals surface area contributed by atoms with Crippen LogP contribution in [0.2, 0.25) is 0 Å². The summed E-state index contributed by atoms with van der Waals surface area (Å²) in [6, 6.07) is 102. The van der Waals surface area contributed by atoms with Gasteiger partial charge < -0.3 is 19.3 Å². The third-order valence-electron chi connectivity index (χ3n) is 13.4. The number of anilines is 9. The number of para-hydroxylation sites is 6. The zero-order chi connectivity index (χ0) is 47.6. The molecule has 12 rings (SSSR count). The third-order valence-corrected chi connectivity index (χ3v) is 16.5. The fraction of sp³-hybridized carbons (Fsp3) is 0. The van der Waals surface area contributed by atoms with E-state index in [9.17, 15) is 0 Å². The minimum Gasteiger partial charge on any atom is -0.310 e. The highest BCUT2D eigenvalue weighted by molar-refractivity contribution is 7.86. The summed E-state index contributed by atoms with van der Waals surface area (Å²) < 4.78 is 19.2. The zero-order valence-corrected chi connectivity index (χ0v) is 39.8. The molecule has 0 atom stereocenters. The summed E-state index contributed by atoms with van der Waals surface area (Å²) in [5.74, 6) is 0. The summed E-state index contributed by atoms with van der Waals surface area (Å²) in [4.78, 5) is 6.86. The predicted octanol–water partition coefficient (Wildman–Crippen LogP) is 17.2. The van der Waals surface area contributed by atoms with E-state index in [0.29, 0.717) is 15.9 Å². The highest BCUT2D eigenvalue weighted by Gasteiger charge is 2.41. The van der Waals surface area contributed by atoms with Gasteiger partial charge in [0, 0.05) is 50.0 Å². The van der Waals surface area contributed by atoms with Crippen molar-refractivity contribution in [2.24, 2.45) is 0 Å². The molecule has 71 heavy (non-hydrogen) atoms. The van der Waals surface area contributed by atoms with Gasteiger partial charge in [0.25, 0.3) is 0 Å². The second-order valence-corrected chi connectivity index (χ2v) is 20.4. The van der Waals surface area contributed by atoms with Gasteiger partial charge in [0.15, 0.2) is 7.14 Å². The van der Waals surface area contributed by atoms with Crippen LogP contribution in [-0.4, -0.2) is 0 Å². The summed E-state index contributed by atoms with van der Waals surface area (Å²) in [6.07, 6.45) is 0. The van der Waals surface area contributed by atoms with Gasteiger partial charge in [0.05, 0.1) is 17.1 Å². The maximum Gasteiger partial charge on any atom is 0.177 e. The van der Waals surface area contributed by atoms with Crippen LogP contribution in [-0.2, 0) is 4.57 Å². The third kappa shape index (κ3) is 8.11. The molecule has 338 valence electrons. The Kier molecular flexibility index (Phi) is 11.5. The fourth-order valence-corrected chi connectivity index (χ4v) is 13.3. The quantitative estimate of drug-likeness (QED) is 0.114. The van der Waals surface area contributed by atoms with Gasteiger partial charge >= 0.3 is 0 Å². The molecule has 4 nitrogen and oxygen atoms in total. The standard InChI is InChI=1S/C66H48N3OP/c70-71(64-46-52-28-22-19-25-49(52)43-61(64)67(55-31-7-1-8-32-55)56-33-9-2-10-34-56,65-47-53-29-23-20-26-50(53)44-62(65)68(57-35-11-3-12-36-57)58-37-13-4-14-38-58)66-48-54-30-24-21-27-51(54)45-63(66)69(59-39-15-5-16-40-59)60-41-17-6-18-42-60/h1-48H. The molecule has 0 fully saturated rings. The highest BCUT2D eigenvalue weighted by Crippen LogP contribution is 2.55. The minimum absolute atomic E-state index is 0.708. The molecule has 0 N–H and O–H groups in total. The zero-order valence-electron chi connectivity index (χ0n) is 38.9. The molecule has 0 heterocycles. The average Bonchev–Trinajstić information content (AvgIpc) is 3.44. The van der Waals surface area contributed by atoms with Crippen molar-refractivity contribution in [3.8, 4) is 0 Å². The number of hydrogen-bond donors (Lipinski definition) is 0. The number of rotatable bonds is 12. The van der Waals surface area contributed by atoms with Crippen LogP contribution in [0.3, 0.4) is 0 Å². The number of benzene rings is 12. The molecule has 12 aromatic rings. The van der Waals surface area contributed by atoms with Crippen LogP contribution >= 0.6 is 7.14 Å². The lowest BCUT2D eigenvalue weighted by molar-refractivity contribution is 0.592. The van der Waals surface area contributed by atoms with Crippen LogP contribution in [0.25, 0.3) is 32.3 Å². The Morgan fingerprint density at radius 3 is 0.577 bits per heavy atom. The van der Waals surface area contributed by atoms with Gasteiger partial charge in [0.1, 0.15) is 0 Å². The molecule has 0 aromatic heterocycles. The normalized spacial score (nSPS) is 11.4. The van der Waals surface area contributed by atoms with E-state index in [0.717, 1.165) is 83.5 Å². The maximum atomic E-state index is 19.2. The molecule has 5 heteroatoms. The lowest BCUT2D eigenvalue weighted by atomic mass is 10.1. The molecule has 0 radical (unpaired) electrons. The summed E-state index contributed by atoms with van der Waals surface area (Å²) in [5.41, 5.74) is 8.15. The van der Waals surface area contributed by atoms with Crippen molar-refractivity contribution in [1.29, 1.82) is 0 Å². The van der Waals surface area contributed by atoms with Crippen molar-refractivity contribution in [3.05, 3.63) is 291 Å². The van der Waals surface area contributed by atoms with Gasteiger partial charge in [-0.25, -0.2) is 0 Å². The summed E-state index contributed by atoms with van der Waals surface area (Å²) >= 11 is 0. The van der Waals surface area contributed by atoms with Gasteiger partial charge in [-0.1, -0.05) is 182 Å². The summed E-state index contributed by atoms with van der Waals surface area (Å²) in [7, 11) is -4.21. The molecule has 0 saturated heterocycles. The van der Waals surface area contributed by atoms with E-state index >= 15 is 4.57 Å². The van der Waals surface area contributed by atoms with Gasteiger partial charge in [-0.05, 0) is 142 Å². The summed E-state index contributed by atoms with van der Waals surface area (Å²) in [5, 5.41) is 8.21. The molecular weight excluding hydrogens is 882 g/mol. The van der Waals surface area contributed by atoms with Crippen LogP contribution in [0.1, 0.15) is 0 Å². The van der Waals surface area contributed by atoms with Crippen LogP contribution in [0.15, 0.2) is 291 Å². The Labute approximate surface area is 415 Å². The first-order valence-corrected chi connectivity index (χ1v) is 25.7. The molecule has 0 bridgehead atoms. The van der Waals surface area contributed by atoms with E-state index in [2.05, 4.69) is 269 Å². The number of nitrogens with zero attached hydrogens (tertiary/aromatic N) is 3. The molecule has 0 aliphatic carbocycles. The molecule has 0 amide bonds.